The Hall–Kier alpha value is -7.26. The van der Waals surface area contributed by atoms with Crippen molar-refractivity contribution < 1.29 is 4.42 Å². The Morgan fingerprint density at radius 1 is 0.310 bits per heavy atom. The average molecular weight is 753 g/mol. The molecule has 13 aromatic rings. The first-order valence-corrected chi connectivity index (χ1v) is 20.7. The van der Waals surface area contributed by atoms with Crippen molar-refractivity contribution in [2.45, 2.75) is 0 Å². The lowest BCUT2D eigenvalue weighted by Crippen LogP contribution is -1.93. The van der Waals surface area contributed by atoms with E-state index in [-0.39, 0.29) is 0 Å². The molecule has 0 aliphatic rings. The van der Waals surface area contributed by atoms with Gasteiger partial charge in [0.15, 0.2) is 0 Å². The van der Waals surface area contributed by atoms with Crippen LogP contribution < -0.4 is 0 Å². The summed E-state index contributed by atoms with van der Waals surface area (Å²) in [5.74, 6) is 0. The van der Waals surface area contributed by atoms with Crippen molar-refractivity contribution in [1.29, 1.82) is 0 Å². The zero-order chi connectivity index (χ0) is 37.9. The molecule has 1 nitrogen and oxygen atoms in total. The molecule has 2 aromatic heterocycles. The summed E-state index contributed by atoms with van der Waals surface area (Å²) in [4.78, 5) is 0. The van der Waals surface area contributed by atoms with Crippen molar-refractivity contribution in [1.82, 2.24) is 0 Å². The fourth-order valence-corrected chi connectivity index (χ4v) is 11.2. The predicted molar refractivity (Wildman–Crippen MR) is 250 cm³/mol. The first-order valence-electron chi connectivity index (χ1n) is 19.9. The molecule has 0 radical (unpaired) electrons. The SMILES string of the molecule is c1ccc2c(-c3c4ccccc4c(-c4ccc(-c5c6oc7ccccc7c6cc6c5sc5ccc7ccccc7c56)c5ccccc45)c4ccccc34)cccc2c1. The number of hydrogen-bond donors (Lipinski definition) is 0. The van der Waals surface area contributed by atoms with Gasteiger partial charge in [0, 0.05) is 36.5 Å². The van der Waals surface area contributed by atoms with Gasteiger partial charge < -0.3 is 4.42 Å². The molecule has 0 saturated heterocycles. The molecule has 0 bridgehead atoms. The average Bonchev–Trinajstić information content (AvgIpc) is 3.85. The second-order valence-electron chi connectivity index (χ2n) is 15.4. The first-order chi connectivity index (χ1) is 28.8. The number of hydrogen-bond acceptors (Lipinski definition) is 2. The molecular formula is C56H32OS. The maximum absolute atomic E-state index is 6.90. The topological polar surface area (TPSA) is 13.1 Å². The maximum Gasteiger partial charge on any atom is 0.144 e. The van der Waals surface area contributed by atoms with Crippen LogP contribution in [0.3, 0.4) is 0 Å². The molecule has 58 heavy (non-hydrogen) atoms. The summed E-state index contributed by atoms with van der Waals surface area (Å²) in [6.07, 6.45) is 0. The molecule has 2 heterocycles. The van der Waals surface area contributed by atoms with E-state index in [2.05, 4.69) is 194 Å². The Kier molecular flexibility index (Phi) is 6.66. The Morgan fingerprint density at radius 2 is 0.793 bits per heavy atom. The minimum absolute atomic E-state index is 0.913. The van der Waals surface area contributed by atoms with Crippen LogP contribution in [-0.2, 0) is 0 Å². The minimum atomic E-state index is 0.913. The lowest BCUT2D eigenvalue weighted by Gasteiger charge is -2.20. The number of para-hydroxylation sites is 1. The summed E-state index contributed by atoms with van der Waals surface area (Å²) in [5.41, 5.74) is 9.24. The van der Waals surface area contributed by atoms with Gasteiger partial charge in [0.2, 0.25) is 0 Å². The second-order valence-corrected chi connectivity index (χ2v) is 16.5. The zero-order valence-electron chi connectivity index (χ0n) is 31.3. The molecule has 268 valence electrons. The van der Waals surface area contributed by atoms with Gasteiger partial charge in [-0.1, -0.05) is 176 Å². The van der Waals surface area contributed by atoms with Crippen LogP contribution in [0.15, 0.2) is 199 Å². The van der Waals surface area contributed by atoms with Crippen molar-refractivity contribution in [2.24, 2.45) is 0 Å². The second kappa shape index (κ2) is 12.1. The molecule has 0 fully saturated rings. The summed E-state index contributed by atoms with van der Waals surface area (Å²) in [7, 11) is 0. The van der Waals surface area contributed by atoms with Crippen LogP contribution in [0, 0.1) is 0 Å². The zero-order valence-corrected chi connectivity index (χ0v) is 32.1. The van der Waals surface area contributed by atoms with Crippen LogP contribution in [0.1, 0.15) is 0 Å². The molecule has 0 N–H and O–H groups in total. The lowest BCUT2D eigenvalue weighted by atomic mass is 9.83. The highest BCUT2D eigenvalue weighted by Gasteiger charge is 2.24. The van der Waals surface area contributed by atoms with Crippen molar-refractivity contribution in [3.63, 3.8) is 0 Å². The summed E-state index contributed by atoms with van der Waals surface area (Å²) in [6, 6.07) is 71.4. The highest BCUT2D eigenvalue weighted by atomic mass is 32.1. The normalized spacial score (nSPS) is 12.1. The Morgan fingerprint density at radius 3 is 1.45 bits per heavy atom. The number of benzene rings is 11. The van der Waals surface area contributed by atoms with E-state index in [1.807, 2.05) is 11.3 Å². The van der Waals surface area contributed by atoms with Crippen LogP contribution >= 0.6 is 11.3 Å². The van der Waals surface area contributed by atoms with Gasteiger partial charge in [-0.2, -0.15) is 0 Å². The first kappa shape index (κ1) is 31.9. The van der Waals surface area contributed by atoms with E-state index in [1.54, 1.807) is 0 Å². The molecule has 2 heteroatoms. The Bertz CT molecular complexity index is 3800. The van der Waals surface area contributed by atoms with Crippen molar-refractivity contribution in [3.05, 3.63) is 194 Å². The highest BCUT2D eigenvalue weighted by Crippen LogP contribution is 2.52. The number of fused-ring (bicyclic) bond motifs is 12. The van der Waals surface area contributed by atoms with E-state index in [0.29, 0.717) is 0 Å². The number of furan rings is 1. The van der Waals surface area contributed by atoms with Gasteiger partial charge in [0.25, 0.3) is 0 Å². The van der Waals surface area contributed by atoms with E-state index in [1.165, 1.54) is 102 Å². The van der Waals surface area contributed by atoms with Gasteiger partial charge in [0.1, 0.15) is 11.2 Å². The smallest absolute Gasteiger partial charge is 0.144 e. The van der Waals surface area contributed by atoms with E-state index < -0.39 is 0 Å². The third-order valence-electron chi connectivity index (χ3n) is 12.4. The molecule has 11 aromatic carbocycles. The number of thiophene rings is 1. The Balaban J connectivity index is 1.15. The Labute approximate surface area is 337 Å². The standard InChI is InChI=1S/C56H32OS/c1-3-17-35-33(14-1)16-13-26-40(35)51-41-22-7-9-24-43(41)52(44-25-10-8-23-42(44)51)45-29-30-46(38-20-6-5-19-37(38)45)54-55-47(39-21-11-12-27-49(39)57-55)32-48-53-36-18-4-2-15-34(36)28-31-50(53)58-56(48)54/h1-32H. The third-order valence-corrected chi connectivity index (χ3v) is 13.6. The molecule has 0 amide bonds. The summed E-state index contributed by atoms with van der Waals surface area (Å²) >= 11 is 1.88. The van der Waals surface area contributed by atoms with Crippen LogP contribution in [0.5, 0.6) is 0 Å². The highest BCUT2D eigenvalue weighted by molar-refractivity contribution is 7.26. The molecule has 0 aliphatic carbocycles. The third kappa shape index (κ3) is 4.41. The van der Waals surface area contributed by atoms with Crippen LogP contribution in [0.2, 0.25) is 0 Å². The molecule has 0 atom stereocenters. The van der Waals surface area contributed by atoms with Gasteiger partial charge in [0.05, 0.1) is 0 Å². The van der Waals surface area contributed by atoms with Gasteiger partial charge in [-0.15, -0.1) is 11.3 Å². The molecule has 0 saturated carbocycles. The molecule has 0 unspecified atom stereocenters. The van der Waals surface area contributed by atoms with Crippen LogP contribution in [-0.4, -0.2) is 0 Å². The molecule has 0 spiro atoms. The fraction of sp³-hybridized carbons (Fsp3) is 0. The van der Waals surface area contributed by atoms with E-state index >= 15 is 0 Å². The fourth-order valence-electron chi connectivity index (χ4n) is 9.99. The predicted octanol–water partition coefficient (Wildman–Crippen LogP) is 16.7. The van der Waals surface area contributed by atoms with Crippen molar-refractivity contribution in [2.75, 3.05) is 0 Å². The summed E-state index contributed by atoms with van der Waals surface area (Å²) in [5, 5.41) is 17.4. The van der Waals surface area contributed by atoms with Gasteiger partial charge in [-0.3, -0.25) is 0 Å². The number of rotatable bonds is 3. The summed E-state index contributed by atoms with van der Waals surface area (Å²) < 4.78 is 9.45. The van der Waals surface area contributed by atoms with Crippen molar-refractivity contribution in [3.8, 4) is 33.4 Å². The molecule has 13 rings (SSSR count). The monoisotopic (exact) mass is 752 g/mol. The van der Waals surface area contributed by atoms with E-state index in [0.717, 1.165) is 27.5 Å². The minimum Gasteiger partial charge on any atom is -0.455 e. The van der Waals surface area contributed by atoms with E-state index in [9.17, 15) is 0 Å². The van der Waals surface area contributed by atoms with Gasteiger partial charge in [-0.25, -0.2) is 0 Å². The summed E-state index contributed by atoms with van der Waals surface area (Å²) in [6.45, 7) is 0. The van der Waals surface area contributed by atoms with Crippen LogP contribution in [0.4, 0.5) is 0 Å². The van der Waals surface area contributed by atoms with Gasteiger partial charge >= 0.3 is 0 Å². The lowest BCUT2D eigenvalue weighted by molar-refractivity contribution is 0.670. The maximum atomic E-state index is 6.90. The molecule has 0 aliphatic heterocycles. The van der Waals surface area contributed by atoms with Gasteiger partial charge in [-0.05, 0) is 99.9 Å². The molecular weight excluding hydrogens is 721 g/mol. The van der Waals surface area contributed by atoms with E-state index in [4.69, 9.17) is 4.42 Å². The van der Waals surface area contributed by atoms with Crippen LogP contribution in [0.25, 0.3) is 129 Å². The van der Waals surface area contributed by atoms with Crippen molar-refractivity contribution >= 4 is 107 Å². The largest absolute Gasteiger partial charge is 0.455 e. The quantitative estimate of drug-likeness (QED) is 0.164.